The van der Waals surface area contributed by atoms with E-state index in [-0.39, 0.29) is 4.90 Å². The first-order chi connectivity index (χ1) is 8.62. The molecule has 7 heteroatoms. The summed E-state index contributed by atoms with van der Waals surface area (Å²) in [5, 5.41) is 1.61. The molecule has 1 aromatic heterocycles. The van der Waals surface area contributed by atoms with E-state index in [1.807, 2.05) is 0 Å². The van der Waals surface area contributed by atoms with E-state index in [0.29, 0.717) is 25.6 Å². The topological polar surface area (TPSA) is 81.4 Å². The average Bonchev–Trinajstić information content (AvgIpc) is 3.03. The van der Waals surface area contributed by atoms with Crippen LogP contribution in [0.1, 0.15) is 17.7 Å². The van der Waals surface area contributed by atoms with E-state index in [1.165, 1.54) is 24.2 Å². The predicted octanol–water partition coefficient (Wildman–Crippen LogP) is 0.912. The smallest absolute Gasteiger partial charge is 0.241 e. The Balaban J connectivity index is 1.75. The quantitative estimate of drug-likeness (QED) is 0.697. The summed E-state index contributed by atoms with van der Waals surface area (Å²) >= 11 is 1.36. The molecule has 0 aromatic carbocycles. The fourth-order valence-electron chi connectivity index (χ4n) is 1.47. The van der Waals surface area contributed by atoms with Crippen LogP contribution in [0.15, 0.2) is 16.3 Å². The van der Waals surface area contributed by atoms with E-state index < -0.39 is 10.0 Å². The summed E-state index contributed by atoms with van der Waals surface area (Å²) < 4.78 is 31.6. The van der Waals surface area contributed by atoms with Crippen LogP contribution >= 0.6 is 11.3 Å². The second kappa shape index (κ2) is 6.12. The summed E-state index contributed by atoms with van der Waals surface area (Å²) in [5.74, 6) is 0.700. The van der Waals surface area contributed by atoms with E-state index in [9.17, 15) is 8.42 Å². The van der Waals surface area contributed by atoms with Crippen LogP contribution in [-0.2, 0) is 21.3 Å². The first-order valence-electron chi connectivity index (χ1n) is 5.96. The molecule has 1 saturated carbocycles. The van der Waals surface area contributed by atoms with E-state index in [0.717, 1.165) is 11.5 Å². The predicted molar refractivity (Wildman–Crippen MR) is 70.9 cm³/mol. The van der Waals surface area contributed by atoms with Gasteiger partial charge in [-0.15, -0.1) is 11.3 Å². The Hall–Kier alpha value is -0.470. The molecule has 0 radical (unpaired) electrons. The first-order valence-corrected chi connectivity index (χ1v) is 8.33. The number of nitrogens with two attached hydrogens (primary N) is 1. The van der Waals surface area contributed by atoms with Gasteiger partial charge in [-0.3, -0.25) is 0 Å². The summed E-state index contributed by atoms with van der Waals surface area (Å²) in [6.45, 7) is 1.84. The molecular formula is C11H18N2O3S2. The van der Waals surface area contributed by atoms with Crippen molar-refractivity contribution in [2.45, 2.75) is 24.3 Å². The molecule has 0 saturated heterocycles. The summed E-state index contributed by atoms with van der Waals surface area (Å²) in [6, 6.07) is 1.61. The largest absolute Gasteiger partial charge is 0.380 e. The van der Waals surface area contributed by atoms with Gasteiger partial charge in [-0.05, 0) is 24.8 Å². The van der Waals surface area contributed by atoms with Gasteiger partial charge < -0.3 is 10.5 Å². The molecule has 0 aliphatic heterocycles. The van der Waals surface area contributed by atoms with Gasteiger partial charge >= 0.3 is 0 Å². The van der Waals surface area contributed by atoms with Gasteiger partial charge in [0.1, 0.15) is 0 Å². The molecule has 0 bridgehead atoms. The van der Waals surface area contributed by atoms with Crippen molar-refractivity contribution in [3.8, 4) is 0 Å². The van der Waals surface area contributed by atoms with Gasteiger partial charge in [0.05, 0.1) is 11.5 Å². The molecule has 3 N–H and O–H groups in total. The minimum absolute atomic E-state index is 0.287. The molecule has 1 heterocycles. The Morgan fingerprint density at radius 3 is 2.89 bits per heavy atom. The zero-order valence-corrected chi connectivity index (χ0v) is 11.7. The molecule has 0 amide bonds. The summed E-state index contributed by atoms with van der Waals surface area (Å²) in [7, 11) is -3.41. The number of hydrogen-bond donors (Lipinski definition) is 2. The highest BCUT2D eigenvalue weighted by Gasteiger charge is 2.21. The molecule has 2 rings (SSSR count). The van der Waals surface area contributed by atoms with E-state index in [1.54, 1.807) is 11.4 Å². The maximum atomic E-state index is 11.9. The fraction of sp³-hybridized carbons (Fsp3) is 0.636. The molecule has 1 fully saturated rings. The number of thiophene rings is 1. The monoisotopic (exact) mass is 290 g/mol. The van der Waals surface area contributed by atoms with Crippen molar-refractivity contribution in [1.82, 2.24) is 4.72 Å². The number of rotatable bonds is 8. The third-order valence-corrected chi connectivity index (χ3v) is 5.28. The number of sulfonamides is 1. The second-order valence-electron chi connectivity index (χ2n) is 4.37. The van der Waals surface area contributed by atoms with Crippen LogP contribution in [0.2, 0.25) is 0 Å². The lowest BCUT2D eigenvalue weighted by Gasteiger charge is -2.05. The summed E-state index contributed by atoms with van der Waals surface area (Å²) in [6.07, 6.45) is 2.48. The Labute approximate surface area is 111 Å². The molecular weight excluding hydrogens is 272 g/mol. The Kier molecular flexibility index (Phi) is 4.74. The Morgan fingerprint density at radius 2 is 2.28 bits per heavy atom. The minimum Gasteiger partial charge on any atom is -0.380 e. The second-order valence-corrected chi connectivity index (χ2v) is 7.13. The van der Waals surface area contributed by atoms with Crippen LogP contribution in [0.4, 0.5) is 0 Å². The third kappa shape index (κ3) is 4.03. The molecule has 5 nitrogen and oxygen atoms in total. The number of hydrogen-bond acceptors (Lipinski definition) is 5. The van der Waals surface area contributed by atoms with Crippen LogP contribution in [0, 0.1) is 5.92 Å². The van der Waals surface area contributed by atoms with Crippen molar-refractivity contribution in [1.29, 1.82) is 0 Å². The Bertz CT molecular complexity index is 480. The van der Waals surface area contributed by atoms with Crippen LogP contribution in [0.5, 0.6) is 0 Å². The van der Waals surface area contributed by atoms with Gasteiger partial charge in [0.2, 0.25) is 10.0 Å². The van der Waals surface area contributed by atoms with Crippen LogP contribution in [-0.4, -0.2) is 28.2 Å². The molecule has 1 aliphatic rings. The van der Waals surface area contributed by atoms with Crippen molar-refractivity contribution < 1.29 is 13.2 Å². The molecule has 0 atom stereocenters. The molecule has 0 unspecified atom stereocenters. The first kappa shape index (κ1) is 14.0. The molecule has 1 aliphatic carbocycles. The maximum Gasteiger partial charge on any atom is 0.241 e. The van der Waals surface area contributed by atoms with Crippen molar-refractivity contribution >= 4 is 21.4 Å². The van der Waals surface area contributed by atoms with Crippen molar-refractivity contribution in [3.63, 3.8) is 0 Å². The maximum absolute atomic E-state index is 11.9. The molecule has 102 valence electrons. The zero-order chi connectivity index (χ0) is 13.0. The van der Waals surface area contributed by atoms with Crippen LogP contribution in [0.3, 0.4) is 0 Å². The summed E-state index contributed by atoms with van der Waals surface area (Å²) in [4.78, 5) is 1.15. The molecule has 0 spiro atoms. The standard InChI is InChI=1S/C11H18N2O3S2/c12-6-10-5-11(8-17-10)18(14,15)13-3-4-16-7-9-1-2-9/h5,8-9,13H,1-4,6-7,12H2. The minimum atomic E-state index is -3.41. The lowest BCUT2D eigenvalue weighted by Crippen LogP contribution is -2.27. The molecule has 1 aromatic rings. The van der Waals surface area contributed by atoms with Gasteiger partial charge in [0, 0.05) is 30.0 Å². The number of nitrogens with one attached hydrogen (secondary N) is 1. The highest BCUT2D eigenvalue weighted by Crippen LogP contribution is 2.28. The van der Waals surface area contributed by atoms with Crippen molar-refractivity contribution in [3.05, 3.63) is 16.3 Å². The van der Waals surface area contributed by atoms with E-state index in [4.69, 9.17) is 10.5 Å². The van der Waals surface area contributed by atoms with Gasteiger partial charge in [0.25, 0.3) is 0 Å². The lowest BCUT2D eigenvalue weighted by atomic mass is 10.5. The zero-order valence-electron chi connectivity index (χ0n) is 10.1. The average molecular weight is 290 g/mol. The lowest BCUT2D eigenvalue weighted by molar-refractivity contribution is 0.129. The van der Waals surface area contributed by atoms with Crippen molar-refractivity contribution in [2.75, 3.05) is 19.8 Å². The van der Waals surface area contributed by atoms with Gasteiger partial charge in [0.15, 0.2) is 0 Å². The summed E-state index contributed by atoms with van der Waals surface area (Å²) in [5.41, 5.74) is 5.46. The normalized spacial score (nSPS) is 16.1. The Morgan fingerprint density at radius 1 is 1.50 bits per heavy atom. The molecule has 18 heavy (non-hydrogen) atoms. The third-order valence-electron chi connectivity index (χ3n) is 2.73. The van der Waals surface area contributed by atoms with E-state index in [2.05, 4.69) is 4.72 Å². The SMILES string of the molecule is NCc1cc(S(=O)(=O)NCCOCC2CC2)cs1. The fourth-order valence-corrected chi connectivity index (χ4v) is 3.64. The van der Waals surface area contributed by atoms with E-state index >= 15 is 0 Å². The highest BCUT2D eigenvalue weighted by atomic mass is 32.2. The number of ether oxygens (including phenoxy) is 1. The van der Waals surface area contributed by atoms with Crippen LogP contribution in [0.25, 0.3) is 0 Å². The van der Waals surface area contributed by atoms with Crippen molar-refractivity contribution in [2.24, 2.45) is 11.7 Å². The van der Waals surface area contributed by atoms with Crippen LogP contribution < -0.4 is 10.5 Å². The van der Waals surface area contributed by atoms with Gasteiger partial charge in [-0.2, -0.15) is 0 Å². The van der Waals surface area contributed by atoms with Gasteiger partial charge in [-0.1, -0.05) is 0 Å². The highest BCUT2D eigenvalue weighted by molar-refractivity contribution is 7.89. The van der Waals surface area contributed by atoms with Gasteiger partial charge in [-0.25, -0.2) is 13.1 Å².